The molecule has 2 aliphatic rings. The Morgan fingerprint density at radius 1 is 1.06 bits per heavy atom. The fourth-order valence-corrected chi connectivity index (χ4v) is 3.90. The number of nitrogens with one attached hydrogen (secondary N) is 1. The van der Waals surface area contributed by atoms with Crippen molar-refractivity contribution in [2.75, 3.05) is 33.6 Å². The summed E-state index contributed by atoms with van der Waals surface area (Å²) in [6.45, 7) is 6.74. The molecule has 32 heavy (non-hydrogen) atoms. The van der Waals surface area contributed by atoms with E-state index in [1.54, 1.807) is 0 Å². The van der Waals surface area contributed by atoms with Crippen LogP contribution in [-0.4, -0.2) is 50.6 Å². The number of nitrogens with zero attached hydrogens (tertiary/aromatic N) is 2. The van der Waals surface area contributed by atoms with Crippen molar-refractivity contribution in [1.82, 2.24) is 10.2 Å². The maximum atomic E-state index is 6.07. The van der Waals surface area contributed by atoms with Crippen molar-refractivity contribution in [3.05, 3.63) is 59.2 Å². The van der Waals surface area contributed by atoms with E-state index in [4.69, 9.17) is 23.9 Å². The molecule has 0 aromatic heterocycles. The standard InChI is InChI=1S/C25H33N3O4/c1-3-26-25(28(2)16-20-7-8-23-24(14-20)32-18-31-23)27-15-19-5-4-6-21(13-19)17-30-22-9-11-29-12-10-22/h4-8,13-14,22H,3,9-12,15-18H2,1-2H3,(H,26,27). The second-order valence-electron chi connectivity index (χ2n) is 8.16. The summed E-state index contributed by atoms with van der Waals surface area (Å²) in [6, 6.07) is 14.6. The van der Waals surface area contributed by atoms with Gasteiger partial charge < -0.3 is 29.2 Å². The Bertz CT molecular complexity index is 912. The van der Waals surface area contributed by atoms with E-state index >= 15 is 0 Å². The highest BCUT2D eigenvalue weighted by atomic mass is 16.7. The molecule has 2 aromatic carbocycles. The summed E-state index contributed by atoms with van der Waals surface area (Å²) in [4.78, 5) is 6.99. The van der Waals surface area contributed by atoms with Crippen LogP contribution in [0.2, 0.25) is 0 Å². The molecule has 0 atom stereocenters. The predicted molar refractivity (Wildman–Crippen MR) is 124 cm³/mol. The third-order valence-electron chi connectivity index (χ3n) is 5.61. The van der Waals surface area contributed by atoms with E-state index in [0.29, 0.717) is 19.3 Å². The zero-order chi connectivity index (χ0) is 22.2. The summed E-state index contributed by atoms with van der Waals surface area (Å²) < 4.78 is 22.4. The molecule has 172 valence electrons. The van der Waals surface area contributed by atoms with Crippen LogP contribution in [0.3, 0.4) is 0 Å². The molecule has 0 bridgehead atoms. The van der Waals surface area contributed by atoms with Crippen LogP contribution in [0.5, 0.6) is 11.5 Å². The van der Waals surface area contributed by atoms with E-state index in [2.05, 4.69) is 47.5 Å². The highest BCUT2D eigenvalue weighted by molar-refractivity contribution is 5.79. The van der Waals surface area contributed by atoms with Gasteiger partial charge in [0.25, 0.3) is 0 Å². The van der Waals surface area contributed by atoms with Gasteiger partial charge in [-0.1, -0.05) is 30.3 Å². The fraction of sp³-hybridized carbons (Fsp3) is 0.480. The molecule has 1 fully saturated rings. The van der Waals surface area contributed by atoms with E-state index in [9.17, 15) is 0 Å². The van der Waals surface area contributed by atoms with Gasteiger partial charge in [0.1, 0.15) is 0 Å². The van der Waals surface area contributed by atoms with Crippen molar-refractivity contribution in [3.8, 4) is 11.5 Å². The minimum absolute atomic E-state index is 0.290. The summed E-state index contributed by atoms with van der Waals surface area (Å²) in [5.74, 6) is 2.48. The first-order valence-corrected chi connectivity index (χ1v) is 11.4. The number of rotatable bonds is 8. The molecule has 0 amide bonds. The lowest BCUT2D eigenvalue weighted by Gasteiger charge is -2.23. The van der Waals surface area contributed by atoms with E-state index in [-0.39, 0.29) is 6.79 Å². The van der Waals surface area contributed by atoms with Crippen molar-refractivity contribution >= 4 is 5.96 Å². The van der Waals surface area contributed by atoms with Gasteiger partial charge >= 0.3 is 0 Å². The van der Waals surface area contributed by atoms with Gasteiger partial charge in [0.15, 0.2) is 17.5 Å². The van der Waals surface area contributed by atoms with Crippen molar-refractivity contribution < 1.29 is 18.9 Å². The van der Waals surface area contributed by atoms with E-state index in [0.717, 1.165) is 62.2 Å². The van der Waals surface area contributed by atoms with Crippen molar-refractivity contribution in [1.29, 1.82) is 0 Å². The number of aliphatic imine (C=N–C) groups is 1. The molecule has 1 saturated heterocycles. The van der Waals surface area contributed by atoms with E-state index in [1.807, 2.05) is 19.2 Å². The summed E-state index contributed by atoms with van der Waals surface area (Å²) in [7, 11) is 2.05. The predicted octanol–water partition coefficient (Wildman–Crippen LogP) is 3.71. The van der Waals surface area contributed by atoms with E-state index in [1.165, 1.54) is 11.1 Å². The molecule has 0 spiro atoms. The third-order valence-corrected chi connectivity index (χ3v) is 5.61. The van der Waals surface area contributed by atoms with Crippen LogP contribution in [0.25, 0.3) is 0 Å². The first-order valence-electron chi connectivity index (χ1n) is 11.4. The maximum absolute atomic E-state index is 6.07. The number of hydrogen-bond donors (Lipinski definition) is 1. The van der Waals surface area contributed by atoms with E-state index < -0.39 is 0 Å². The Morgan fingerprint density at radius 3 is 2.72 bits per heavy atom. The van der Waals surface area contributed by atoms with Gasteiger partial charge in [-0.25, -0.2) is 4.99 Å². The lowest BCUT2D eigenvalue weighted by molar-refractivity contribution is -0.0390. The van der Waals surface area contributed by atoms with Crippen LogP contribution < -0.4 is 14.8 Å². The molecule has 2 heterocycles. The molecule has 7 heteroatoms. The van der Waals surface area contributed by atoms with Crippen molar-refractivity contribution in [2.45, 2.75) is 45.6 Å². The fourth-order valence-electron chi connectivity index (χ4n) is 3.90. The second-order valence-corrected chi connectivity index (χ2v) is 8.16. The lowest BCUT2D eigenvalue weighted by Crippen LogP contribution is -2.38. The molecule has 4 rings (SSSR count). The quantitative estimate of drug-likeness (QED) is 0.500. The topological polar surface area (TPSA) is 64.6 Å². The van der Waals surface area contributed by atoms with Crippen molar-refractivity contribution in [3.63, 3.8) is 0 Å². The summed E-state index contributed by atoms with van der Waals surface area (Å²) in [6.07, 6.45) is 2.26. The van der Waals surface area contributed by atoms with Gasteiger partial charge in [-0.05, 0) is 48.6 Å². The van der Waals surface area contributed by atoms with Crippen LogP contribution in [-0.2, 0) is 29.2 Å². The summed E-state index contributed by atoms with van der Waals surface area (Å²) >= 11 is 0. The van der Waals surface area contributed by atoms with Crippen LogP contribution >= 0.6 is 0 Å². The number of hydrogen-bond acceptors (Lipinski definition) is 5. The van der Waals surface area contributed by atoms with Gasteiger partial charge in [0.05, 0.1) is 19.3 Å². The number of fused-ring (bicyclic) bond motifs is 1. The van der Waals surface area contributed by atoms with Crippen LogP contribution in [0.1, 0.15) is 36.5 Å². The van der Waals surface area contributed by atoms with Gasteiger partial charge in [0.2, 0.25) is 6.79 Å². The average molecular weight is 440 g/mol. The van der Waals surface area contributed by atoms with Gasteiger partial charge in [-0.3, -0.25) is 0 Å². The molecule has 1 N–H and O–H groups in total. The minimum atomic E-state index is 0.290. The molecule has 7 nitrogen and oxygen atoms in total. The second kappa shape index (κ2) is 11.2. The molecule has 0 aliphatic carbocycles. The van der Waals surface area contributed by atoms with Crippen LogP contribution in [0.4, 0.5) is 0 Å². The van der Waals surface area contributed by atoms with Gasteiger partial charge in [-0.2, -0.15) is 0 Å². The van der Waals surface area contributed by atoms with Crippen molar-refractivity contribution in [2.24, 2.45) is 4.99 Å². The Labute approximate surface area is 190 Å². The lowest BCUT2D eigenvalue weighted by atomic mass is 10.1. The SMILES string of the molecule is CCNC(=NCc1cccc(COC2CCOCC2)c1)N(C)Cc1ccc2c(c1)OCO2. The average Bonchev–Trinajstić information content (AvgIpc) is 3.29. The molecule has 0 saturated carbocycles. The normalized spacial score (nSPS) is 16.2. The Kier molecular flexibility index (Phi) is 7.85. The number of ether oxygens (including phenoxy) is 4. The highest BCUT2D eigenvalue weighted by Crippen LogP contribution is 2.32. The number of benzene rings is 2. The third kappa shape index (κ3) is 6.14. The Balaban J connectivity index is 1.35. The molecule has 2 aromatic rings. The first kappa shape index (κ1) is 22.4. The Morgan fingerprint density at radius 2 is 1.88 bits per heavy atom. The van der Waals surface area contributed by atoms with Gasteiger partial charge in [-0.15, -0.1) is 0 Å². The molecular weight excluding hydrogens is 406 g/mol. The first-order chi connectivity index (χ1) is 15.7. The zero-order valence-corrected chi connectivity index (χ0v) is 19.0. The molecule has 2 aliphatic heterocycles. The molecular formula is C25H33N3O4. The largest absolute Gasteiger partial charge is 0.454 e. The monoisotopic (exact) mass is 439 g/mol. The minimum Gasteiger partial charge on any atom is -0.454 e. The summed E-state index contributed by atoms with van der Waals surface area (Å²) in [5, 5.41) is 3.39. The highest BCUT2D eigenvalue weighted by Gasteiger charge is 2.15. The molecule has 0 radical (unpaired) electrons. The van der Waals surface area contributed by atoms with Crippen LogP contribution in [0.15, 0.2) is 47.5 Å². The Hall–Kier alpha value is -2.77. The van der Waals surface area contributed by atoms with Crippen LogP contribution in [0, 0.1) is 0 Å². The number of guanidine groups is 1. The summed E-state index contributed by atoms with van der Waals surface area (Å²) in [5.41, 5.74) is 3.50. The molecule has 0 unspecified atom stereocenters. The van der Waals surface area contributed by atoms with Gasteiger partial charge in [0, 0.05) is 33.4 Å². The maximum Gasteiger partial charge on any atom is 0.231 e. The smallest absolute Gasteiger partial charge is 0.231 e. The zero-order valence-electron chi connectivity index (χ0n) is 19.0.